The molecule has 28 heavy (non-hydrogen) atoms. The summed E-state index contributed by atoms with van der Waals surface area (Å²) in [6.45, 7) is 3.81. The van der Waals surface area contributed by atoms with E-state index in [9.17, 15) is 8.78 Å². The highest BCUT2D eigenvalue weighted by molar-refractivity contribution is 7.97. The standard InChI is InChI=1S/C20H20ClF2N3OS/c1-12(25-16-7-13(11-28-3)6-14(21)8-16)26-20(18(23)10-24)17-5-4-15(22)9-19(17)27-2/h4-10,25H,1,11,24H2,2-3H3/b18-10+,26-20?. The van der Waals surface area contributed by atoms with Crippen molar-refractivity contribution < 1.29 is 13.5 Å². The fraction of sp³-hybridized carbons (Fsp3) is 0.150. The quantitative estimate of drug-likeness (QED) is 0.551. The second kappa shape index (κ2) is 10.1. The van der Waals surface area contributed by atoms with Crippen molar-refractivity contribution in [3.8, 4) is 5.75 Å². The SMILES string of the molecule is C=C(N=C(/C(F)=C\N)c1ccc(F)cc1OC)Nc1cc(Cl)cc(CSC)c1. The first-order valence-electron chi connectivity index (χ1n) is 8.12. The van der Waals surface area contributed by atoms with E-state index in [4.69, 9.17) is 22.1 Å². The molecule has 0 aliphatic heterocycles. The number of ether oxygens (including phenoxy) is 1. The molecule has 0 bridgehead atoms. The minimum atomic E-state index is -0.804. The molecule has 0 amide bonds. The molecule has 0 fully saturated rings. The first-order valence-corrected chi connectivity index (χ1v) is 9.89. The molecule has 4 nitrogen and oxygen atoms in total. The number of nitrogens with one attached hydrogen (secondary N) is 1. The van der Waals surface area contributed by atoms with Crippen LogP contribution in [0.2, 0.25) is 5.02 Å². The van der Waals surface area contributed by atoms with Gasteiger partial charge < -0.3 is 15.8 Å². The van der Waals surface area contributed by atoms with Crippen LogP contribution in [0.3, 0.4) is 0 Å². The molecule has 0 aliphatic carbocycles. The van der Waals surface area contributed by atoms with Crippen LogP contribution < -0.4 is 15.8 Å². The molecule has 148 valence electrons. The molecule has 8 heteroatoms. The van der Waals surface area contributed by atoms with Crippen LogP contribution >= 0.6 is 23.4 Å². The van der Waals surface area contributed by atoms with Gasteiger partial charge in [-0.15, -0.1) is 0 Å². The highest BCUT2D eigenvalue weighted by Crippen LogP contribution is 2.26. The van der Waals surface area contributed by atoms with Gasteiger partial charge in [-0.2, -0.15) is 11.8 Å². The van der Waals surface area contributed by atoms with E-state index >= 15 is 0 Å². The van der Waals surface area contributed by atoms with Gasteiger partial charge in [-0.05, 0) is 42.2 Å². The van der Waals surface area contributed by atoms with Crippen LogP contribution in [0.4, 0.5) is 14.5 Å². The Hall–Kier alpha value is -2.51. The average molecular weight is 424 g/mol. The van der Waals surface area contributed by atoms with Gasteiger partial charge >= 0.3 is 0 Å². The van der Waals surface area contributed by atoms with Crippen LogP contribution in [-0.2, 0) is 5.75 Å². The minimum Gasteiger partial charge on any atom is -0.496 e. The maximum Gasteiger partial charge on any atom is 0.165 e. The summed E-state index contributed by atoms with van der Waals surface area (Å²) in [4.78, 5) is 4.19. The summed E-state index contributed by atoms with van der Waals surface area (Å²) < 4.78 is 33.0. The number of hydrogen-bond acceptors (Lipinski definition) is 5. The van der Waals surface area contributed by atoms with Crippen LogP contribution in [0.5, 0.6) is 5.75 Å². The van der Waals surface area contributed by atoms with Gasteiger partial charge in [0.15, 0.2) is 5.83 Å². The largest absolute Gasteiger partial charge is 0.496 e. The molecule has 0 radical (unpaired) electrons. The number of allylic oxidation sites excluding steroid dienone is 1. The Morgan fingerprint density at radius 2 is 2.11 bits per heavy atom. The third-order valence-electron chi connectivity index (χ3n) is 3.60. The van der Waals surface area contributed by atoms with Crippen molar-refractivity contribution in [1.29, 1.82) is 0 Å². The summed E-state index contributed by atoms with van der Waals surface area (Å²) in [7, 11) is 1.35. The monoisotopic (exact) mass is 423 g/mol. The molecule has 0 aliphatic rings. The number of hydrogen-bond donors (Lipinski definition) is 2. The Morgan fingerprint density at radius 1 is 1.36 bits per heavy atom. The Bertz CT molecular complexity index is 932. The summed E-state index contributed by atoms with van der Waals surface area (Å²) in [6.07, 6.45) is 2.76. The van der Waals surface area contributed by atoms with Crippen molar-refractivity contribution in [3.05, 3.63) is 82.8 Å². The lowest BCUT2D eigenvalue weighted by molar-refractivity contribution is 0.410. The molecule has 0 saturated carbocycles. The molecule has 0 heterocycles. The van der Waals surface area contributed by atoms with Crippen LogP contribution in [0.25, 0.3) is 0 Å². The molecule has 0 saturated heterocycles. The van der Waals surface area contributed by atoms with Crippen molar-refractivity contribution in [1.82, 2.24) is 0 Å². The third kappa shape index (κ3) is 5.74. The number of halogens is 3. The number of aliphatic imine (C=N–C) groups is 1. The summed E-state index contributed by atoms with van der Waals surface area (Å²) in [5, 5.41) is 3.54. The van der Waals surface area contributed by atoms with E-state index in [1.54, 1.807) is 17.8 Å². The molecular formula is C20H20ClF2N3OS. The lowest BCUT2D eigenvalue weighted by Gasteiger charge is -2.13. The van der Waals surface area contributed by atoms with Gasteiger partial charge in [-0.25, -0.2) is 13.8 Å². The third-order valence-corrected chi connectivity index (χ3v) is 4.44. The van der Waals surface area contributed by atoms with E-state index in [0.29, 0.717) is 10.7 Å². The lowest BCUT2D eigenvalue weighted by atomic mass is 10.1. The van der Waals surface area contributed by atoms with E-state index < -0.39 is 11.6 Å². The van der Waals surface area contributed by atoms with Crippen molar-refractivity contribution in [3.63, 3.8) is 0 Å². The predicted octanol–water partition coefficient (Wildman–Crippen LogP) is 5.49. The Kier molecular flexibility index (Phi) is 7.90. The van der Waals surface area contributed by atoms with Crippen LogP contribution in [0.15, 0.2) is 65.8 Å². The molecule has 2 aromatic carbocycles. The summed E-state index contributed by atoms with van der Waals surface area (Å²) in [6, 6.07) is 9.14. The molecular weight excluding hydrogens is 404 g/mol. The Labute approximate surface area is 172 Å². The van der Waals surface area contributed by atoms with Gasteiger partial charge in [0, 0.05) is 34.3 Å². The normalized spacial score (nSPS) is 12.0. The van der Waals surface area contributed by atoms with Crippen molar-refractivity contribution in [2.75, 3.05) is 18.7 Å². The number of anilines is 1. The highest BCUT2D eigenvalue weighted by Gasteiger charge is 2.16. The zero-order chi connectivity index (χ0) is 20.7. The fourth-order valence-electron chi connectivity index (χ4n) is 2.48. The van der Waals surface area contributed by atoms with Crippen LogP contribution in [0.1, 0.15) is 11.1 Å². The Morgan fingerprint density at radius 3 is 2.75 bits per heavy atom. The van der Waals surface area contributed by atoms with Gasteiger partial charge in [0.25, 0.3) is 0 Å². The number of nitrogens with two attached hydrogens (primary N) is 1. The number of nitrogens with zero attached hydrogens (tertiary/aromatic N) is 1. The minimum absolute atomic E-state index is 0.119. The van der Waals surface area contributed by atoms with Crippen molar-refractivity contribution >= 4 is 34.8 Å². The molecule has 0 atom stereocenters. The van der Waals surface area contributed by atoms with Gasteiger partial charge in [-0.1, -0.05) is 18.2 Å². The van der Waals surface area contributed by atoms with Crippen molar-refractivity contribution in [2.24, 2.45) is 10.7 Å². The first-order chi connectivity index (χ1) is 13.4. The number of thioether (sulfide) groups is 1. The molecule has 2 rings (SSSR count). The Balaban J connectivity index is 2.39. The second-order valence-electron chi connectivity index (χ2n) is 5.67. The fourth-order valence-corrected chi connectivity index (χ4v) is 3.24. The molecule has 0 aromatic heterocycles. The van der Waals surface area contributed by atoms with Crippen LogP contribution in [-0.4, -0.2) is 19.1 Å². The maximum absolute atomic E-state index is 14.4. The molecule has 0 unspecified atom stereocenters. The summed E-state index contributed by atoms with van der Waals surface area (Å²) in [5.41, 5.74) is 7.11. The van der Waals surface area contributed by atoms with Crippen LogP contribution in [0, 0.1) is 5.82 Å². The average Bonchev–Trinajstić information content (AvgIpc) is 2.65. The number of rotatable bonds is 8. The maximum atomic E-state index is 14.4. The topological polar surface area (TPSA) is 59.6 Å². The van der Waals surface area contributed by atoms with Gasteiger partial charge in [-0.3, -0.25) is 0 Å². The highest BCUT2D eigenvalue weighted by atomic mass is 35.5. The summed E-state index contributed by atoms with van der Waals surface area (Å²) >= 11 is 7.80. The zero-order valence-electron chi connectivity index (χ0n) is 15.4. The van der Waals surface area contributed by atoms with E-state index in [-0.39, 0.29) is 22.8 Å². The molecule has 0 spiro atoms. The smallest absolute Gasteiger partial charge is 0.165 e. The first kappa shape index (κ1) is 21.8. The van der Waals surface area contributed by atoms with Gasteiger partial charge in [0.05, 0.1) is 7.11 Å². The van der Waals surface area contributed by atoms with E-state index in [1.807, 2.05) is 18.4 Å². The zero-order valence-corrected chi connectivity index (χ0v) is 17.0. The van der Waals surface area contributed by atoms with Gasteiger partial charge in [0.1, 0.15) is 23.1 Å². The molecule has 2 aromatic rings. The summed E-state index contributed by atoms with van der Waals surface area (Å²) in [5.74, 6) is -0.270. The predicted molar refractivity (Wildman–Crippen MR) is 114 cm³/mol. The number of benzene rings is 2. The van der Waals surface area contributed by atoms with Crippen molar-refractivity contribution in [2.45, 2.75) is 5.75 Å². The second-order valence-corrected chi connectivity index (χ2v) is 6.97. The molecule has 3 N–H and O–H groups in total. The number of methoxy groups -OCH3 is 1. The van der Waals surface area contributed by atoms with E-state index in [2.05, 4.69) is 16.9 Å². The van der Waals surface area contributed by atoms with Gasteiger partial charge in [0.2, 0.25) is 0 Å². The van der Waals surface area contributed by atoms with E-state index in [1.165, 1.54) is 19.2 Å². The van der Waals surface area contributed by atoms with E-state index in [0.717, 1.165) is 23.6 Å². The lowest BCUT2D eigenvalue weighted by Crippen LogP contribution is -2.09.